The van der Waals surface area contributed by atoms with E-state index < -0.39 is 0 Å². The Balaban J connectivity index is 1.79. The fourth-order valence-corrected chi connectivity index (χ4v) is 3.33. The minimum atomic E-state index is -0.178. The highest BCUT2D eigenvalue weighted by molar-refractivity contribution is 5.35. The smallest absolute Gasteiger partial charge is 0.123 e. The Morgan fingerprint density at radius 1 is 1.00 bits per heavy atom. The molecule has 0 spiro atoms. The topological polar surface area (TPSA) is 12.0 Å². The summed E-state index contributed by atoms with van der Waals surface area (Å²) in [5, 5.41) is 3.71. The highest BCUT2D eigenvalue weighted by Gasteiger charge is 2.25. The van der Waals surface area contributed by atoms with Gasteiger partial charge in [0.15, 0.2) is 0 Å². The van der Waals surface area contributed by atoms with Gasteiger partial charge in [0.1, 0.15) is 5.82 Å². The second-order valence-corrected chi connectivity index (χ2v) is 6.10. The molecule has 3 rings (SSSR count). The van der Waals surface area contributed by atoms with E-state index in [4.69, 9.17) is 0 Å². The lowest BCUT2D eigenvalue weighted by Gasteiger charge is -2.32. The van der Waals surface area contributed by atoms with E-state index in [0.717, 1.165) is 12.0 Å². The van der Waals surface area contributed by atoms with Crippen LogP contribution in [0, 0.1) is 5.82 Å². The summed E-state index contributed by atoms with van der Waals surface area (Å²) < 4.78 is 13.0. The van der Waals surface area contributed by atoms with E-state index in [1.807, 2.05) is 12.1 Å². The molecule has 0 radical (unpaired) electrons. The lowest BCUT2D eigenvalue weighted by Crippen LogP contribution is -2.28. The Hall–Kier alpha value is -1.67. The fraction of sp³-hybridized carbons (Fsp3) is 0.368. The molecule has 2 aromatic carbocycles. The molecule has 21 heavy (non-hydrogen) atoms. The molecule has 1 N–H and O–H groups in total. The number of rotatable bonds is 3. The number of benzene rings is 2. The first-order chi connectivity index (χ1) is 10.1. The van der Waals surface area contributed by atoms with Gasteiger partial charge in [0.05, 0.1) is 0 Å². The van der Waals surface area contributed by atoms with E-state index in [1.54, 1.807) is 0 Å². The first-order valence-corrected chi connectivity index (χ1v) is 7.75. The quantitative estimate of drug-likeness (QED) is 0.825. The van der Waals surface area contributed by atoms with Crippen LogP contribution in [0.1, 0.15) is 61.4 Å². The van der Waals surface area contributed by atoms with E-state index in [0.29, 0.717) is 12.0 Å². The summed E-state index contributed by atoms with van der Waals surface area (Å²) in [6.07, 6.45) is 2.37. The molecular formula is C19H22FN. The number of hydrogen-bond donors (Lipinski definition) is 1. The maximum atomic E-state index is 13.0. The highest BCUT2D eigenvalue weighted by atomic mass is 19.1. The maximum Gasteiger partial charge on any atom is 0.123 e. The van der Waals surface area contributed by atoms with Gasteiger partial charge in [-0.15, -0.1) is 0 Å². The molecule has 1 aliphatic carbocycles. The molecule has 3 unspecified atom stereocenters. The van der Waals surface area contributed by atoms with Crippen LogP contribution in [0.5, 0.6) is 0 Å². The van der Waals surface area contributed by atoms with E-state index in [1.165, 1.54) is 29.7 Å². The minimum Gasteiger partial charge on any atom is -0.303 e. The van der Waals surface area contributed by atoms with Gasteiger partial charge in [-0.25, -0.2) is 4.39 Å². The van der Waals surface area contributed by atoms with Crippen molar-refractivity contribution in [3.63, 3.8) is 0 Å². The van der Waals surface area contributed by atoms with Gasteiger partial charge in [-0.1, -0.05) is 43.3 Å². The van der Waals surface area contributed by atoms with E-state index in [2.05, 4.69) is 43.4 Å². The van der Waals surface area contributed by atoms with E-state index in [-0.39, 0.29) is 11.9 Å². The Morgan fingerprint density at radius 2 is 1.67 bits per heavy atom. The van der Waals surface area contributed by atoms with Crippen LogP contribution < -0.4 is 5.32 Å². The molecular weight excluding hydrogens is 261 g/mol. The predicted molar refractivity (Wildman–Crippen MR) is 84.8 cm³/mol. The second kappa shape index (κ2) is 5.98. The number of halogens is 1. The van der Waals surface area contributed by atoms with Crippen molar-refractivity contribution in [2.45, 2.75) is 44.7 Å². The van der Waals surface area contributed by atoms with Crippen LogP contribution in [0.3, 0.4) is 0 Å². The monoisotopic (exact) mass is 283 g/mol. The Bertz CT molecular complexity index is 605. The molecule has 0 saturated carbocycles. The molecule has 0 amide bonds. The van der Waals surface area contributed by atoms with Gasteiger partial charge in [-0.2, -0.15) is 0 Å². The molecule has 0 fully saturated rings. The number of nitrogens with one attached hydrogen (secondary N) is 1. The standard InChI is InChI=1S/C19H22FN/c1-13-7-12-19(18-6-4-3-5-17(13)18)21-14(2)15-8-10-16(20)11-9-15/h3-6,8-11,13-14,19,21H,7,12H2,1-2H3. The molecule has 2 aromatic rings. The zero-order chi connectivity index (χ0) is 14.8. The second-order valence-electron chi connectivity index (χ2n) is 6.10. The fourth-order valence-electron chi connectivity index (χ4n) is 3.33. The van der Waals surface area contributed by atoms with Gasteiger partial charge >= 0.3 is 0 Å². The summed E-state index contributed by atoms with van der Waals surface area (Å²) in [5.74, 6) is 0.461. The third-order valence-corrected chi connectivity index (χ3v) is 4.61. The largest absolute Gasteiger partial charge is 0.303 e. The normalized spacial score (nSPS) is 22.6. The summed E-state index contributed by atoms with van der Waals surface area (Å²) in [6.45, 7) is 4.45. The highest BCUT2D eigenvalue weighted by Crippen LogP contribution is 2.38. The van der Waals surface area contributed by atoms with Crippen LogP contribution in [0.15, 0.2) is 48.5 Å². The van der Waals surface area contributed by atoms with Crippen molar-refractivity contribution in [2.75, 3.05) is 0 Å². The number of hydrogen-bond acceptors (Lipinski definition) is 1. The molecule has 110 valence electrons. The van der Waals surface area contributed by atoms with Crippen molar-refractivity contribution in [3.8, 4) is 0 Å². The molecule has 0 aromatic heterocycles. The maximum absolute atomic E-state index is 13.0. The van der Waals surface area contributed by atoms with Crippen LogP contribution in [0.4, 0.5) is 4.39 Å². The Labute approximate surface area is 126 Å². The van der Waals surface area contributed by atoms with Crippen LogP contribution in [-0.2, 0) is 0 Å². The summed E-state index contributed by atoms with van der Waals surface area (Å²) >= 11 is 0. The predicted octanol–water partition coefficient (Wildman–Crippen LogP) is 5.11. The lowest BCUT2D eigenvalue weighted by molar-refractivity contribution is 0.396. The number of fused-ring (bicyclic) bond motifs is 1. The molecule has 2 heteroatoms. The third-order valence-electron chi connectivity index (χ3n) is 4.61. The summed E-state index contributed by atoms with van der Waals surface area (Å²) in [7, 11) is 0. The molecule has 0 heterocycles. The molecule has 0 aliphatic heterocycles. The van der Waals surface area contributed by atoms with Gasteiger partial charge in [-0.3, -0.25) is 0 Å². The average molecular weight is 283 g/mol. The van der Waals surface area contributed by atoms with Crippen LogP contribution in [0.2, 0.25) is 0 Å². The summed E-state index contributed by atoms with van der Waals surface area (Å²) in [4.78, 5) is 0. The first-order valence-electron chi connectivity index (χ1n) is 7.75. The van der Waals surface area contributed by atoms with Crippen molar-refractivity contribution in [3.05, 3.63) is 71.0 Å². The van der Waals surface area contributed by atoms with Crippen molar-refractivity contribution in [2.24, 2.45) is 0 Å². The van der Waals surface area contributed by atoms with E-state index in [9.17, 15) is 4.39 Å². The van der Waals surface area contributed by atoms with Crippen LogP contribution in [0.25, 0.3) is 0 Å². The van der Waals surface area contributed by atoms with Crippen molar-refractivity contribution >= 4 is 0 Å². The molecule has 0 bridgehead atoms. The van der Waals surface area contributed by atoms with Crippen molar-refractivity contribution in [1.29, 1.82) is 0 Å². The van der Waals surface area contributed by atoms with Gasteiger partial charge in [0.2, 0.25) is 0 Å². The van der Waals surface area contributed by atoms with Gasteiger partial charge in [-0.05, 0) is 54.5 Å². The SMILES string of the molecule is CC1CCC(NC(C)c2ccc(F)cc2)c2ccccc21. The van der Waals surface area contributed by atoms with Gasteiger partial charge in [0.25, 0.3) is 0 Å². The molecule has 1 nitrogen and oxygen atoms in total. The molecule has 0 saturated heterocycles. The molecule has 1 aliphatic rings. The zero-order valence-corrected chi connectivity index (χ0v) is 12.6. The Morgan fingerprint density at radius 3 is 2.38 bits per heavy atom. The van der Waals surface area contributed by atoms with Gasteiger partial charge < -0.3 is 5.32 Å². The van der Waals surface area contributed by atoms with Crippen molar-refractivity contribution < 1.29 is 4.39 Å². The summed E-state index contributed by atoms with van der Waals surface area (Å²) in [5.41, 5.74) is 4.02. The van der Waals surface area contributed by atoms with Crippen LogP contribution in [-0.4, -0.2) is 0 Å². The van der Waals surface area contributed by atoms with E-state index >= 15 is 0 Å². The van der Waals surface area contributed by atoms with Gasteiger partial charge in [0, 0.05) is 12.1 Å². The summed E-state index contributed by atoms with van der Waals surface area (Å²) in [6, 6.07) is 16.1. The van der Waals surface area contributed by atoms with Crippen molar-refractivity contribution in [1.82, 2.24) is 5.32 Å². The first kappa shape index (κ1) is 14.3. The minimum absolute atomic E-state index is 0.178. The zero-order valence-electron chi connectivity index (χ0n) is 12.6. The third kappa shape index (κ3) is 3.01. The lowest BCUT2D eigenvalue weighted by atomic mass is 9.80. The van der Waals surface area contributed by atoms with Crippen LogP contribution >= 0.6 is 0 Å². The Kier molecular flexibility index (Phi) is 4.07. The average Bonchev–Trinajstić information content (AvgIpc) is 2.51. The molecule has 3 atom stereocenters.